The van der Waals surface area contributed by atoms with Gasteiger partial charge in [0.05, 0.1) is 16.3 Å². The van der Waals surface area contributed by atoms with Crippen molar-refractivity contribution in [3.8, 4) is 0 Å². The average Bonchev–Trinajstić information content (AvgIpc) is 2.75. The number of nitrogens with one attached hydrogen (secondary N) is 2. The summed E-state index contributed by atoms with van der Waals surface area (Å²) < 4.78 is 1.82. The molecule has 0 bridgehead atoms. The summed E-state index contributed by atoms with van der Waals surface area (Å²) in [6.45, 7) is 7.63. The SMILES string of the molecule is Cc1ccc([N+](=O)[O-])cc1NC(=O)NC(C)Cc1c(C)nn(C)c1C. The third kappa shape index (κ3) is 4.34. The molecular weight excluding hydrogens is 322 g/mol. The van der Waals surface area contributed by atoms with Crippen LogP contribution in [0.2, 0.25) is 0 Å². The molecule has 0 radical (unpaired) electrons. The quantitative estimate of drug-likeness (QED) is 0.642. The van der Waals surface area contributed by atoms with E-state index >= 15 is 0 Å². The third-order valence-electron chi connectivity index (χ3n) is 4.23. The van der Waals surface area contributed by atoms with Crippen molar-refractivity contribution in [2.24, 2.45) is 7.05 Å². The molecule has 134 valence electrons. The Morgan fingerprint density at radius 3 is 2.60 bits per heavy atom. The van der Waals surface area contributed by atoms with E-state index in [1.165, 1.54) is 12.1 Å². The lowest BCUT2D eigenvalue weighted by Crippen LogP contribution is -2.37. The Bertz CT molecular complexity index is 813. The lowest BCUT2D eigenvalue weighted by atomic mass is 10.1. The fraction of sp³-hybridized carbons (Fsp3) is 0.412. The first-order valence-corrected chi connectivity index (χ1v) is 8.00. The largest absolute Gasteiger partial charge is 0.335 e. The van der Waals surface area contributed by atoms with E-state index in [1.54, 1.807) is 13.0 Å². The maximum absolute atomic E-state index is 12.2. The zero-order valence-electron chi connectivity index (χ0n) is 15.1. The first-order chi connectivity index (χ1) is 11.7. The third-order valence-corrected chi connectivity index (χ3v) is 4.23. The molecule has 1 unspecified atom stereocenters. The molecule has 1 aromatic carbocycles. The van der Waals surface area contributed by atoms with Gasteiger partial charge in [-0.25, -0.2) is 4.79 Å². The first kappa shape index (κ1) is 18.4. The van der Waals surface area contributed by atoms with E-state index in [0.29, 0.717) is 12.1 Å². The molecule has 25 heavy (non-hydrogen) atoms. The van der Waals surface area contributed by atoms with Gasteiger partial charge in [-0.15, -0.1) is 0 Å². The number of nitrogens with zero attached hydrogens (tertiary/aromatic N) is 3. The highest BCUT2D eigenvalue weighted by atomic mass is 16.6. The van der Waals surface area contributed by atoms with Crippen LogP contribution < -0.4 is 10.6 Å². The summed E-state index contributed by atoms with van der Waals surface area (Å²) in [7, 11) is 1.89. The van der Waals surface area contributed by atoms with Crippen LogP contribution in [0.5, 0.6) is 0 Å². The van der Waals surface area contributed by atoms with Crippen LogP contribution in [0.25, 0.3) is 0 Å². The number of rotatable bonds is 5. The number of hydrogen-bond acceptors (Lipinski definition) is 4. The van der Waals surface area contributed by atoms with Crippen LogP contribution in [-0.4, -0.2) is 26.8 Å². The Hall–Kier alpha value is -2.90. The highest BCUT2D eigenvalue weighted by Gasteiger charge is 2.16. The van der Waals surface area contributed by atoms with Crippen LogP contribution in [0.4, 0.5) is 16.2 Å². The number of non-ortho nitro benzene ring substituents is 1. The molecule has 0 fully saturated rings. The summed E-state index contributed by atoms with van der Waals surface area (Å²) in [5.41, 5.74) is 4.25. The number of carbonyl (C=O) groups excluding carboxylic acids is 1. The van der Waals surface area contributed by atoms with Gasteiger partial charge in [0.1, 0.15) is 0 Å². The van der Waals surface area contributed by atoms with Crippen LogP contribution in [0, 0.1) is 30.9 Å². The van der Waals surface area contributed by atoms with Crippen molar-refractivity contribution >= 4 is 17.4 Å². The lowest BCUT2D eigenvalue weighted by molar-refractivity contribution is -0.384. The number of benzene rings is 1. The molecule has 0 saturated carbocycles. The van der Waals surface area contributed by atoms with Crippen LogP contribution in [0.15, 0.2) is 18.2 Å². The van der Waals surface area contributed by atoms with Gasteiger partial charge in [0.2, 0.25) is 0 Å². The monoisotopic (exact) mass is 345 g/mol. The summed E-state index contributed by atoms with van der Waals surface area (Å²) in [6.07, 6.45) is 0.660. The molecule has 2 aromatic rings. The topological polar surface area (TPSA) is 102 Å². The van der Waals surface area contributed by atoms with Crippen molar-refractivity contribution in [2.75, 3.05) is 5.32 Å². The van der Waals surface area contributed by atoms with E-state index in [1.807, 2.05) is 32.5 Å². The minimum absolute atomic E-state index is 0.0597. The van der Waals surface area contributed by atoms with Crippen LogP contribution >= 0.6 is 0 Å². The molecule has 0 aliphatic rings. The zero-order valence-corrected chi connectivity index (χ0v) is 15.1. The number of anilines is 1. The van der Waals surface area contributed by atoms with E-state index in [0.717, 1.165) is 22.5 Å². The van der Waals surface area contributed by atoms with Gasteiger partial charge in [0, 0.05) is 30.9 Å². The van der Waals surface area contributed by atoms with Gasteiger partial charge in [0.25, 0.3) is 5.69 Å². The van der Waals surface area contributed by atoms with Gasteiger partial charge in [-0.1, -0.05) is 6.07 Å². The number of nitro groups is 1. The predicted octanol–water partition coefficient (Wildman–Crippen LogP) is 3.01. The number of urea groups is 1. The van der Waals surface area contributed by atoms with E-state index < -0.39 is 11.0 Å². The molecule has 8 heteroatoms. The van der Waals surface area contributed by atoms with E-state index in [-0.39, 0.29) is 11.7 Å². The standard InChI is InChI=1S/C17H23N5O3/c1-10-6-7-14(22(24)25)9-16(10)19-17(23)18-11(2)8-15-12(3)20-21(5)13(15)4/h6-7,9,11H,8H2,1-5H3,(H2,18,19,23). The van der Waals surface area contributed by atoms with Gasteiger partial charge in [0.15, 0.2) is 0 Å². The number of nitro benzene ring substituents is 1. The number of hydrogen-bond donors (Lipinski definition) is 2. The Balaban J connectivity index is 2.02. The number of aryl methyl sites for hydroxylation is 3. The Kier molecular flexibility index (Phi) is 5.41. The Morgan fingerprint density at radius 2 is 2.04 bits per heavy atom. The van der Waals surface area contributed by atoms with Crippen LogP contribution in [-0.2, 0) is 13.5 Å². The van der Waals surface area contributed by atoms with E-state index in [4.69, 9.17) is 0 Å². The molecular formula is C17H23N5O3. The molecule has 0 saturated heterocycles. The van der Waals surface area contributed by atoms with Crippen LogP contribution in [0.1, 0.15) is 29.4 Å². The van der Waals surface area contributed by atoms with Gasteiger partial charge < -0.3 is 10.6 Å². The minimum Gasteiger partial charge on any atom is -0.335 e. The maximum atomic E-state index is 12.2. The van der Waals surface area contributed by atoms with Crippen LogP contribution in [0.3, 0.4) is 0 Å². The maximum Gasteiger partial charge on any atom is 0.319 e. The molecule has 1 heterocycles. The second-order valence-corrected chi connectivity index (χ2v) is 6.23. The lowest BCUT2D eigenvalue weighted by Gasteiger charge is -2.16. The second-order valence-electron chi connectivity index (χ2n) is 6.23. The summed E-state index contributed by atoms with van der Waals surface area (Å²) in [6, 6.07) is 3.87. The molecule has 1 aromatic heterocycles. The van der Waals surface area contributed by atoms with Crippen molar-refractivity contribution in [1.82, 2.24) is 15.1 Å². The molecule has 2 amide bonds. The highest BCUT2D eigenvalue weighted by Crippen LogP contribution is 2.21. The number of aromatic nitrogens is 2. The molecule has 0 aliphatic heterocycles. The highest BCUT2D eigenvalue weighted by molar-refractivity contribution is 5.90. The summed E-state index contributed by atoms with van der Waals surface area (Å²) >= 11 is 0. The van der Waals surface area contributed by atoms with Crippen molar-refractivity contribution in [1.29, 1.82) is 0 Å². The first-order valence-electron chi connectivity index (χ1n) is 8.00. The summed E-state index contributed by atoms with van der Waals surface area (Å²) in [5.74, 6) is 0. The fourth-order valence-electron chi connectivity index (χ4n) is 2.71. The predicted molar refractivity (Wildman–Crippen MR) is 95.8 cm³/mol. The second kappa shape index (κ2) is 7.33. The number of amides is 2. The van der Waals surface area contributed by atoms with E-state index in [9.17, 15) is 14.9 Å². The normalized spacial score (nSPS) is 11.9. The summed E-state index contributed by atoms with van der Waals surface area (Å²) in [5, 5.41) is 20.8. The van der Waals surface area contributed by atoms with Crippen molar-refractivity contribution in [2.45, 2.75) is 40.2 Å². The molecule has 0 aliphatic carbocycles. The average molecular weight is 345 g/mol. The molecule has 0 spiro atoms. The van der Waals surface area contributed by atoms with Crippen molar-refractivity contribution in [3.63, 3.8) is 0 Å². The Labute approximate surface area is 146 Å². The van der Waals surface area contributed by atoms with Crippen molar-refractivity contribution < 1.29 is 9.72 Å². The van der Waals surface area contributed by atoms with Gasteiger partial charge >= 0.3 is 6.03 Å². The molecule has 2 N–H and O–H groups in total. The van der Waals surface area contributed by atoms with Gasteiger partial charge in [-0.05, 0) is 45.2 Å². The van der Waals surface area contributed by atoms with Crippen molar-refractivity contribution in [3.05, 3.63) is 50.8 Å². The molecule has 8 nitrogen and oxygen atoms in total. The molecule has 2 rings (SSSR count). The smallest absolute Gasteiger partial charge is 0.319 e. The fourth-order valence-corrected chi connectivity index (χ4v) is 2.71. The number of carbonyl (C=O) groups is 1. The van der Waals surface area contributed by atoms with E-state index in [2.05, 4.69) is 15.7 Å². The Morgan fingerprint density at radius 1 is 1.36 bits per heavy atom. The summed E-state index contributed by atoms with van der Waals surface area (Å²) in [4.78, 5) is 22.6. The minimum atomic E-state index is -0.487. The van der Waals surface area contributed by atoms with Gasteiger partial charge in [-0.2, -0.15) is 5.10 Å². The zero-order chi connectivity index (χ0) is 18.7. The van der Waals surface area contributed by atoms with Gasteiger partial charge in [-0.3, -0.25) is 14.8 Å². The molecule has 1 atom stereocenters.